The summed E-state index contributed by atoms with van der Waals surface area (Å²) in [7, 11) is 0. The van der Waals surface area contributed by atoms with Crippen molar-refractivity contribution in [1.29, 1.82) is 0 Å². The second kappa shape index (κ2) is 15.4. The number of hydrogen-bond donors (Lipinski definition) is 2. The van der Waals surface area contributed by atoms with Gasteiger partial charge in [-0.25, -0.2) is 4.79 Å². The molecular formula is C35H47N3O4. The number of hydrogen-bond acceptors (Lipinski definition) is 4. The number of alkyl carbamates (subject to hydrolysis) is 1. The third kappa shape index (κ3) is 9.61. The molecule has 226 valence electrons. The van der Waals surface area contributed by atoms with Crippen LogP contribution in [0.5, 0.6) is 0 Å². The number of fused-ring (bicyclic) bond motifs is 1. The van der Waals surface area contributed by atoms with Gasteiger partial charge in [-0.3, -0.25) is 9.59 Å². The van der Waals surface area contributed by atoms with Crippen molar-refractivity contribution in [3.05, 3.63) is 77.9 Å². The molecule has 3 amide bonds. The lowest BCUT2D eigenvalue weighted by Gasteiger charge is -2.34. The van der Waals surface area contributed by atoms with E-state index in [0.717, 1.165) is 54.0 Å². The number of amides is 3. The standard InChI is InChI=1S/C35H47N3O4/c1-7-8-9-10-11-16-23-38(33(40)26(3)36-34(41)42-35(4,5)6)31(30-20-15-12-17-25(30)2)32(39)37-29-22-21-27-18-13-14-19-28(27)24-29/h12-15,17-22,24,26,31H,7-11,16,23H2,1-6H3,(H,36,41)(H,37,39). The number of aryl methyl sites for hydroxylation is 1. The van der Waals surface area contributed by atoms with E-state index in [2.05, 4.69) is 17.6 Å². The molecule has 0 aliphatic heterocycles. The third-order valence-electron chi connectivity index (χ3n) is 7.20. The van der Waals surface area contributed by atoms with Crippen LogP contribution in [0.25, 0.3) is 10.8 Å². The lowest BCUT2D eigenvalue weighted by atomic mass is 9.97. The van der Waals surface area contributed by atoms with Gasteiger partial charge in [0.1, 0.15) is 17.7 Å². The molecule has 2 N–H and O–H groups in total. The maximum Gasteiger partial charge on any atom is 0.408 e. The topological polar surface area (TPSA) is 87.7 Å². The summed E-state index contributed by atoms with van der Waals surface area (Å²) in [6, 6.07) is 19.6. The minimum Gasteiger partial charge on any atom is -0.444 e. The van der Waals surface area contributed by atoms with E-state index in [9.17, 15) is 14.4 Å². The van der Waals surface area contributed by atoms with Crippen molar-refractivity contribution < 1.29 is 19.1 Å². The van der Waals surface area contributed by atoms with Gasteiger partial charge in [0.25, 0.3) is 5.91 Å². The molecule has 2 unspecified atom stereocenters. The molecule has 0 spiro atoms. The lowest BCUT2D eigenvalue weighted by molar-refractivity contribution is -0.140. The van der Waals surface area contributed by atoms with Gasteiger partial charge in [0.2, 0.25) is 5.91 Å². The van der Waals surface area contributed by atoms with Crippen molar-refractivity contribution >= 4 is 34.4 Å². The summed E-state index contributed by atoms with van der Waals surface area (Å²) in [5.74, 6) is -0.639. The van der Waals surface area contributed by atoms with Gasteiger partial charge in [-0.1, -0.05) is 93.6 Å². The number of nitrogens with one attached hydrogen (secondary N) is 2. The average molecular weight is 574 g/mol. The molecule has 0 aliphatic carbocycles. The van der Waals surface area contributed by atoms with Crippen molar-refractivity contribution in [2.75, 3.05) is 11.9 Å². The molecule has 0 fully saturated rings. The molecule has 3 aromatic rings. The number of nitrogens with zero attached hydrogens (tertiary/aromatic N) is 1. The van der Waals surface area contributed by atoms with Gasteiger partial charge in [0.15, 0.2) is 0 Å². The Morgan fingerprint density at radius 1 is 0.857 bits per heavy atom. The zero-order valence-electron chi connectivity index (χ0n) is 26.0. The number of unbranched alkanes of at least 4 members (excludes halogenated alkanes) is 5. The Bertz CT molecular complexity index is 1350. The first kappa shape index (κ1) is 32.6. The molecule has 0 radical (unpaired) electrons. The summed E-state index contributed by atoms with van der Waals surface area (Å²) in [5, 5.41) is 7.85. The van der Waals surface area contributed by atoms with E-state index in [0.29, 0.717) is 12.2 Å². The molecule has 7 nitrogen and oxygen atoms in total. The van der Waals surface area contributed by atoms with Crippen LogP contribution in [0.3, 0.4) is 0 Å². The molecule has 0 saturated carbocycles. The zero-order chi connectivity index (χ0) is 30.7. The third-order valence-corrected chi connectivity index (χ3v) is 7.20. The SMILES string of the molecule is CCCCCCCCN(C(=O)C(C)NC(=O)OC(C)(C)C)C(C(=O)Nc1ccc2ccccc2c1)c1ccccc1C. The van der Waals surface area contributed by atoms with Gasteiger partial charge >= 0.3 is 6.09 Å². The van der Waals surface area contributed by atoms with Crippen LogP contribution >= 0.6 is 0 Å². The van der Waals surface area contributed by atoms with E-state index < -0.39 is 23.8 Å². The summed E-state index contributed by atoms with van der Waals surface area (Å²) in [6.07, 6.45) is 5.58. The second-order valence-corrected chi connectivity index (χ2v) is 12.0. The number of anilines is 1. The molecule has 0 heterocycles. The van der Waals surface area contributed by atoms with Crippen molar-refractivity contribution in [3.63, 3.8) is 0 Å². The fraction of sp³-hybridized carbons (Fsp3) is 0.457. The molecule has 0 saturated heterocycles. The molecular weight excluding hydrogens is 526 g/mol. The van der Waals surface area contributed by atoms with E-state index in [-0.39, 0.29) is 11.8 Å². The predicted octanol–water partition coefficient (Wildman–Crippen LogP) is 7.93. The van der Waals surface area contributed by atoms with Gasteiger partial charge < -0.3 is 20.3 Å². The van der Waals surface area contributed by atoms with Crippen molar-refractivity contribution in [1.82, 2.24) is 10.2 Å². The minimum atomic E-state index is -0.889. The first-order valence-corrected chi connectivity index (χ1v) is 15.2. The van der Waals surface area contributed by atoms with E-state index in [1.165, 1.54) is 6.42 Å². The van der Waals surface area contributed by atoms with Crippen LogP contribution in [0.2, 0.25) is 0 Å². The van der Waals surface area contributed by atoms with Gasteiger partial charge in [0, 0.05) is 12.2 Å². The van der Waals surface area contributed by atoms with Crippen molar-refractivity contribution in [2.45, 2.75) is 97.8 Å². The summed E-state index contributed by atoms with van der Waals surface area (Å²) < 4.78 is 5.40. The fourth-order valence-corrected chi connectivity index (χ4v) is 5.05. The predicted molar refractivity (Wildman–Crippen MR) is 170 cm³/mol. The first-order chi connectivity index (χ1) is 20.0. The van der Waals surface area contributed by atoms with Crippen LogP contribution in [0.15, 0.2) is 66.7 Å². The van der Waals surface area contributed by atoms with Crippen LogP contribution in [-0.2, 0) is 14.3 Å². The fourth-order valence-electron chi connectivity index (χ4n) is 5.05. The van der Waals surface area contributed by atoms with E-state index in [1.807, 2.05) is 73.7 Å². The maximum absolute atomic E-state index is 14.1. The smallest absolute Gasteiger partial charge is 0.408 e. The summed E-state index contributed by atoms with van der Waals surface area (Å²) >= 11 is 0. The Morgan fingerprint density at radius 2 is 1.50 bits per heavy atom. The van der Waals surface area contributed by atoms with E-state index >= 15 is 0 Å². The van der Waals surface area contributed by atoms with E-state index in [1.54, 1.807) is 32.6 Å². The van der Waals surface area contributed by atoms with E-state index in [4.69, 9.17) is 4.74 Å². The molecule has 3 aromatic carbocycles. The number of carbonyl (C=O) groups is 3. The Morgan fingerprint density at radius 3 is 2.19 bits per heavy atom. The van der Waals surface area contributed by atoms with Gasteiger partial charge in [0.05, 0.1) is 0 Å². The highest BCUT2D eigenvalue weighted by Crippen LogP contribution is 2.28. The Labute approximate surface area is 251 Å². The monoisotopic (exact) mass is 573 g/mol. The van der Waals surface area contributed by atoms with Crippen LogP contribution in [-0.4, -0.2) is 41.0 Å². The summed E-state index contributed by atoms with van der Waals surface area (Å²) in [6.45, 7) is 11.5. The number of ether oxygens (including phenoxy) is 1. The maximum atomic E-state index is 14.1. The van der Waals surface area contributed by atoms with Crippen molar-refractivity contribution in [2.24, 2.45) is 0 Å². The Hall–Kier alpha value is -3.87. The average Bonchev–Trinajstić information content (AvgIpc) is 2.93. The summed E-state index contributed by atoms with van der Waals surface area (Å²) in [4.78, 5) is 42.4. The zero-order valence-corrected chi connectivity index (χ0v) is 26.0. The van der Waals surface area contributed by atoms with Crippen LogP contribution in [0, 0.1) is 6.92 Å². The molecule has 2 atom stereocenters. The molecule has 7 heteroatoms. The molecule has 0 bridgehead atoms. The van der Waals surface area contributed by atoms with Crippen molar-refractivity contribution in [3.8, 4) is 0 Å². The highest BCUT2D eigenvalue weighted by atomic mass is 16.6. The number of rotatable bonds is 13. The largest absolute Gasteiger partial charge is 0.444 e. The molecule has 3 rings (SSSR count). The first-order valence-electron chi connectivity index (χ1n) is 15.2. The molecule has 0 aliphatic rings. The second-order valence-electron chi connectivity index (χ2n) is 12.0. The van der Waals surface area contributed by atoms with Crippen LogP contribution < -0.4 is 10.6 Å². The highest BCUT2D eigenvalue weighted by molar-refractivity contribution is 6.00. The molecule has 42 heavy (non-hydrogen) atoms. The number of carbonyl (C=O) groups excluding carboxylic acids is 3. The van der Waals surface area contributed by atoms with Gasteiger partial charge in [-0.2, -0.15) is 0 Å². The molecule has 0 aromatic heterocycles. The van der Waals surface area contributed by atoms with Gasteiger partial charge in [-0.15, -0.1) is 0 Å². The minimum absolute atomic E-state index is 0.302. The lowest BCUT2D eigenvalue weighted by Crippen LogP contribution is -2.51. The normalized spacial score (nSPS) is 12.8. The van der Waals surface area contributed by atoms with Crippen LogP contribution in [0.4, 0.5) is 10.5 Å². The van der Waals surface area contributed by atoms with Gasteiger partial charge in [-0.05, 0) is 75.1 Å². The quantitative estimate of drug-likeness (QED) is 0.203. The highest BCUT2D eigenvalue weighted by Gasteiger charge is 2.35. The number of benzene rings is 3. The Balaban J connectivity index is 1.94. The van der Waals surface area contributed by atoms with Crippen LogP contribution in [0.1, 0.15) is 90.3 Å². The Kier molecular flexibility index (Phi) is 12.0. The summed E-state index contributed by atoms with van der Waals surface area (Å²) in [5.41, 5.74) is 1.61.